The second-order valence-electron chi connectivity index (χ2n) is 3.68. The Morgan fingerprint density at radius 2 is 2.00 bits per heavy atom. The number of hydrogen-bond acceptors (Lipinski definition) is 3. The molecule has 86 valence electrons. The number of nitrogens with zero attached hydrogens (tertiary/aromatic N) is 1. The summed E-state index contributed by atoms with van der Waals surface area (Å²) in [6.07, 6.45) is 0. The van der Waals surface area contributed by atoms with Crippen LogP contribution >= 0.6 is 23.2 Å². The third-order valence-electron chi connectivity index (χ3n) is 2.63. The summed E-state index contributed by atoms with van der Waals surface area (Å²) in [6.45, 7) is 3.75. The van der Waals surface area contributed by atoms with E-state index >= 15 is 0 Å². The van der Waals surface area contributed by atoms with Crippen LogP contribution in [0.3, 0.4) is 0 Å². The van der Waals surface area contributed by atoms with Gasteiger partial charge in [-0.15, -0.1) is 0 Å². The third-order valence-corrected chi connectivity index (χ3v) is 3.15. The van der Waals surface area contributed by atoms with E-state index in [-0.39, 0.29) is 0 Å². The van der Waals surface area contributed by atoms with Crippen molar-refractivity contribution in [2.45, 2.75) is 0 Å². The number of nitrogens with one attached hydrogen (secondary N) is 1. The van der Waals surface area contributed by atoms with Gasteiger partial charge in [-0.3, -0.25) is 4.79 Å². The Kier molecular flexibility index (Phi) is 3.69. The van der Waals surface area contributed by atoms with Gasteiger partial charge >= 0.3 is 0 Å². The Labute approximate surface area is 104 Å². The Morgan fingerprint density at radius 1 is 1.31 bits per heavy atom. The van der Waals surface area contributed by atoms with Gasteiger partial charge in [0.25, 0.3) is 5.24 Å². The number of anilines is 1. The van der Waals surface area contributed by atoms with Crippen molar-refractivity contribution in [2.75, 3.05) is 31.1 Å². The highest BCUT2D eigenvalue weighted by Gasteiger charge is 2.14. The second kappa shape index (κ2) is 5.04. The summed E-state index contributed by atoms with van der Waals surface area (Å²) < 4.78 is 0. The van der Waals surface area contributed by atoms with Crippen molar-refractivity contribution in [3.63, 3.8) is 0 Å². The van der Waals surface area contributed by atoms with Crippen molar-refractivity contribution in [3.05, 3.63) is 28.8 Å². The molecule has 3 nitrogen and oxygen atoms in total. The molecule has 0 saturated carbocycles. The number of halogens is 2. The normalized spacial score (nSPS) is 16.2. The van der Waals surface area contributed by atoms with E-state index in [9.17, 15) is 4.79 Å². The van der Waals surface area contributed by atoms with Crippen LogP contribution in [0.2, 0.25) is 5.02 Å². The van der Waals surface area contributed by atoms with Gasteiger partial charge < -0.3 is 10.2 Å². The smallest absolute Gasteiger partial charge is 0.252 e. The first-order valence-corrected chi connectivity index (χ1v) is 5.89. The molecule has 0 atom stereocenters. The van der Waals surface area contributed by atoms with Crippen molar-refractivity contribution in [1.82, 2.24) is 5.32 Å². The van der Waals surface area contributed by atoms with Crippen molar-refractivity contribution in [2.24, 2.45) is 0 Å². The summed E-state index contributed by atoms with van der Waals surface area (Å²) in [5.41, 5.74) is 1.40. The first-order chi connectivity index (χ1) is 7.68. The molecule has 1 heterocycles. The molecule has 0 unspecified atom stereocenters. The van der Waals surface area contributed by atoms with E-state index in [2.05, 4.69) is 10.2 Å². The SMILES string of the molecule is O=C(Cl)c1ccc(N2CCNCC2)c(Cl)c1. The van der Waals surface area contributed by atoms with E-state index in [0.29, 0.717) is 10.6 Å². The Balaban J connectivity index is 2.24. The zero-order chi connectivity index (χ0) is 11.5. The Hall–Kier alpha value is -0.770. The van der Waals surface area contributed by atoms with Gasteiger partial charge in [-0.25, -0.2) is 0 Å². The van der Waals surface area contributed by atoms with E-state index in [1.165, 1.54) is 0 Å². The molecular weight excluding hydrogens is 247 g/mol. The molecule has 1 aliphatic rings. The maximum Gasteiger partial charge on any atom is 0.252 e. The zero-order valence-electron chi connectivity index (χ0n) is 8.67. The molecule has 5 heteroatoms. The fraction of sp³-hybridized carbons (Fsp3) is 0.364. The number of benzene rings is 1. The molecule has 1 aromatic rings. The van der Waals surface area contributed by atoms with Crippen LogP contribution in [0.25, 0.3) is 0 Å². The van der Waals surface area contributed by atoms with Crippen molar-refractivity contribution < 1.29 is 4.79 Å². The van der Waals surface area contributed by atoms with Crippen LogP contribution in [0, 0.1) is 0 Å². The van der Waals surface area contributed by atoms with Crippen molar-refractivity contribution in [3.8, 4) is 0 Å². The van der Waals surface area contributed by atoms with Gasteiger partial charge in [0.2, 0.25) is 0 Å². The molecule has 0 spiro atoms. The maximum atomic E-state index is 11.0. The third kappa shape index (κ3) is 2.48. The van der Waals surface area contributed by atoms with Gasteiger partial charge in [0, 0.05) is 31.7 Å². The Morgan fingerprint density at radius 3 is 2.56 bits per heavy atom. The number of carbonyl (C=O) groups is 1. The van der Waals surface area contributed by atoms with Gasteiger partial charge in [-0.2, -0.15) is 0 Å². The summed E-state index contributed by atoms with van der Waals surface area (Å²) >= 11 is 11.5. The average Bonchev–Trinajstić information content (AvgIpc) is 2.30. The lowest BCUT2D eigenvalue weighted by Gasteiger charge is -2.30. The fourth-order valence-corrected chi connectivity index (χ4v) is 2.21. The number of hydrogen-bond donors (Lipinski definition) is 1. The van der Waals surface area contributed by atoms with E-state index in [4.69, 9.17) is 23.2 Å². The minimum absolute atomic E-state index is 0.436. The summed E-state index contributed by atoms with van der Waals surface area (Å²) in [4.78, 5) is 13.2. The van der Waals surface area contributed by atoms with Crippen LogP contribution in [0.5, 0.6) is 0 Å². The van der Waals surface area contributed by atoms with Crippen LogP contribution in [0.15, 0.2) is 18.2 Å². The highest BCUT2D eigenvalue weighted by Crippen LogP contribution is 2.27. The van der Waals surface area contributed by atoms with Crippen molar-refractivity contribution in [1.29, 1.82) is 0 Å². The largest absolute Gasteiger partial charge is 0.368 e. The van der Waals surface area contributed by atoms with Crippen LogP contribution in [-0.4, -0.2) is 31.4 Å². The zero-order valence-corrected chi connectivity index (χ0v) is 10.2. The molecule has 0 radical (unpaired) electrons. The minimum atomic E-state index is -0.478. The monoisotopic (exact) mass is 258 g/mol. The molecule has 1 N–H and O–H groups in total. The van der Waals surface area contributed by atoms with E-state index < -0.39 is 5.24 Å². The number of piperazine rings is 1. The summed E-state index contributed by atoms with van der Waals surface area (Å²) in [5, 5.41) is 3.37. The summed E-state index contributed by atoms with van der Waals surface area (Å²) in [5.74, 6) is 0. The Bertz CT molecular complexity index is 403. The van der Waals surface area contributed by atoms with Crippen LogP contribution in [0.1, 0.15) is 10.4 Å². The molecule has 16 heavy (non-hydrogen) atoms. The molecular formula is C11H12Cl2N2O. The predicted octanol–water partition coefficient (Wildman–Crippen LogP) is 2.13. The van der Waals surface area contributed by atoms with E-state index in [1.807, 2.05) is 6.07 Å². The van der Waals surface area contributed by atoms with Crippen LogP contribution in [0.4, 0.5) is 5.69 Å². The highest BCUT2D eigenvalue weighted by atomic mass is 35.5. The topological polar surface area (TPSA) is 32.3 Å². The van der Waals surface area contributed by atoms with Gasteiger partial charge in [0.1, 0.15) is 0 Å². The van der Waals surface area contributed by atoms with Gasteiger partial charge in [-0.1, -0.05) is 11.6 Å². The molecule has 0 aromatic heterocycles. The molecule has 1 aromatic carbocycles. The van der Waals surface area contributed by atoms with Gasteiger partial charge in [0.15, 0.2) is 0 Å². The van der Waals surface area contributed by atoms with Gasteiger partial charge in [0.05, 0.1) is 10.7 Å². The summed E-state index contributed by atoms with van der Waals surface area (Å²) in [7, 11) is 0. The van der Waals surface area contributed by atoms with Crippen molar-refractivity contribution >= 4 is 34.1 Å². The molecule has 1 aliphatic heterocycles. The quantitative estimate of drug-likeness (QED) is 0.826. The lowest BCUT2D eigenvalue weighted by atomic mass is 10.2. The lowest BCUT2D eigenvalue weighted by Crippen LogP contribution is -2.43. The standard InChI is InChI=1S/C11H12Cl2N2O/c12-9-7-8(11(13)16)1-2-10(9)15-5-3-14-4-6-15/h1-2,7,14H,3-6H2. The lowest BCUT2D eigenvalue weighted by molar-refractivity contribution is 0.108. The second-order valence-corrected chi connectivity index (χ2v) is 4.43. The predicted molar refractivity (Wildman–Crippen MR) is 66.7 cm³/mol. The first kappa shape index (κ1) is 11.7. The molecule has 0 aliphatic carbocycles. The average molecular weight is 259 g/mol. The highest BCUT2D eigenvalue weighted by molar-refractivity contribution is 6.67. The minimum Gasteiger partial charge on any atom is -0.368 e. The van der Waals surface area contributed by atoms with E-state index in [1.54, 1.807) is 12.1 Å². The first-order valence-electron chi connectivity index (χ1n) is 5.13. The maximum absolute atomic E-state index is 11.0. The molecule has 2 rings (SSSR count). The molecule has 1 saturated heterocycles. The van der Waals surface area contributed by atoms with Gasteiger partial charge in [-0.05, 0) is 29.8 Å². The molecule has 1 fully saturated rings. The molecule has 0 bridgehead atoms. The van der Waals surface area contributed by atoms with Crippen LogP contribution in [-0.2, 0) is 0 Å². The van der Waals surface area contributed by atoms with Crippen LogP contribution < -0.4 is 10.2 Å². The number of rotatable bonds is 2. The van der Waals surface area contributed by atoms with E-state index in [0.717, 1.165) is 31.9 Å². The fourth-order valence-electron chi connectivity index (χ4n) is 1.79. The number of carbonyl (C=O) groups excluding carboxylic acids is 1. The summed E-state index contributed by atoms with van der Waals surface area (Å²) in [6, 6.07) is 5.18. The molecule has 0 amide bonds.